The van der Waals surface area contributed by atoms with Crippen molar-refractivity contribution in [2.75, 3.05) is 0 Å². The minimum absolute atomic E-state index is 0. The van der Waals surface area contributed by atoms with Gasteiger partial charge in [0.2, 0.25) is 0 Å². The first-order chi connectivity index (χ1) is 9.37. The SMILES string of the molecule is CC(C)(C)Oc1ccc(O)c([C@H](N)C2CCCCC2)c1.Cl. The number of hydrogen-bond donors (Lipinski definition) is 2. The van der Waals surface area contributed by atoms with Crippen LogP contribution in [0.1, 0.15) is 64.5 Å². The third-order valence-corrected chi connectivity index (χ3v) is 3.94. The van der Waals surface area contributed by atoms with Gasteiger partial charge < -0.3 is 15.6 Å². The second-order valence-corrected chi connectivity index (χ2v) is 6.86. The van der Waals surface area contributed by atoms with Crippen molar-refractivity contribution in [3.8, 4) is 11.5 Å². The molecule has 1 aromatic rings. The van der Waals surface area contributed by atoms with Gasteiger partial charge in [0, 0.05) is 11.6 Å². The largest absolute Gasteiger partial charge is 0.508 e. The van der Waals surface area contributed by atoms with Crippen molar-refractivity contribution in [1.82, 2.24) is 0 Å². The maximum Gasteiger partial charge on any atom is 0.120 e. The van der Waals surface area contributed by atoms with Crippen LogP contribution in [-0.4, -0.2) is 10.7 Å². The fraction of sp³-hybridized carbons (Fsp3) is 0.647. The smallest absolute Gasteiger partial charge is 0.120 e. The number of nitrogens with two attached hydrogens (primary N) is 1. The molecule has 4 heteroatoms. The molecule has 1 aliphatic carbocycles. The molecule has 0 radical (unpaired) electrons. The van der Waals surface area contributed by atoms with E-state index in [0.29, 0.717) is 5.92 Å². The molecule has 0 amide bonds. The molecule has 0 spiro atoms. The standard InChI is InChI=1S/C17H27NO2.ClH/c1-17(2,3)20-13-9-10-15(19)14(11-13)16(18)12-7-5-4-6-8-12;/h9-12,16,19H,4-8,18H2,1-3H3;1H/t16-;/m1./s1. The summed E-state index contributed by atoms with van der Waals surface area (Å²) >= 11 is 0. The zero-order chi connectivity index (χ0) is 14.8. The zero-order valence-electron chi connectivity index (χ0n) is 13.3. The van der Waals surface area contributed by atoms with Crippen molar-refractivity contribution in [3.05, 3.63) is 23.8 Å². The summed E-state index contributed by atoms with van der Waals surface area (Å²) in [6.07, 6.45) is 6.12. The summed E-state index contributed by atoms with van der Waals surface area (Å²) in [7, 11) is 0. The van der Waals surface area contributed by atoms with Crippen LogP contribution < -0.4 is 10.5 Å². The molecule has 3 nitrogen and oxygen atoms in total. The summed E-state index contributed by atoms with van der Waals surface area (Å²) in [4.78, 5) is 0. The average Bonchev–Trinajstić information content (AvgIpc) is 2.40. The van der Waals surface area contributed by atoms with Gasteiger partial charge in [0.25, 0.3) is 0 Å². The molecule has 0 saturated heterocycles. The fourth-order valence-corrected chi connectivity index (χ4v) is 2.96. The van der Waals surface area contributed by atoms with Crippen LogP contribution in [-0.2, 0) is 0 Å². The molecular weight excluding hydrogens is 286 g/mol. The van der Waals surface area contributed by atoms with Gasteiger partial charge in [-0.05, 0) is 57.7 Å². The maximum atomic E-state index is 10.1. The highest BCUT2D eigenvalue weighted by molar-refractivity contribution is 5.85. The predicted molar refractivity (Wildman–Crippen MR) is 89.2 cm³/mol. The normalized spacial score (nSPS) is 17.9. The molecule has 1 aliphatic rings. The van der Waals surface area contributed by atoms with Crippen LogP contribution >= 0.6 is 12.4 Å². The van der Waals surface area contributed by atoms with Gasteiger partial charge in [0.1, 0.15) is 17.1 Å². The van der Waals surface area contributed by atoms with Crippen LogP contribution in [0.15, 0.2) is 18.2 Å². The van der Waals surface area contributed by atoms with Crippen molar-refractivity contribution in [3.63, 3.8) is 0 Å². The molecule has 120 valence electrons. The minimum atomic E-state index is -0.247. The summed E-state index contributed by atoms with van der Waals surface area (Å²) in [6, 6.07) is 5.30. The number of rotatable bonds is 3. The summed E-state index contributed by atoms with van der Waals surface area (Å²) in [5, 5.41) is 10.1. The highest BCUT2D eigenvalue weighted by atomic mass is 35.5. The number of ether oxygens (including phenoxy) is 1. The molecule has 1 atom stereocenters. The van der Waals surface area contributed by atoms with E-state index in [1.54, 1.807) is 12.1 Å². The summed E-state index contributed by atoms with van der Waals surface area (Å²) < 4.78 is 5.87. The van der Waals surface area contributed by atoms with E-state index in [1.165, 1.54) is 19.3 Å². The first-order valence-electron chi connectivity index (χ1n) is 7.64. The number of phenolic OH excluding ortho intramolecular Hbond substituents is 1. The lowest BCUT2D eigenvalue weighted by molar-refractivity contribution is 0.130. The summed E-state index contributed by atoms with van der Waals surface area (Å²) in [6.45, 7) is 6.04. The Bertz CT molecular complexity index is 451. The van der Waals surface area contributed by atoms with E-state index < -0.39 is 0 Å². The summed E-state index contributed by atoms with van der Waals surface area (Å²) in [5.74, 6) is 1.53. The van der Waals surface area contributed by atoms with Crippen molar-refractivity contribution in [1.29, 1.82) is 0 Å². The third kappa shape index (κ3) is 5.08. The quantitative estimate of drug-likeness (QED) is 0.859. The molecule has 3 N–H and O–H groups in total. The van der Waals surface area contributed by atoms with Crippen LogP contribution in [0.25, 0.3) is 0 Å². The van der Waals surface area contributed by atoms with Gasteiger partial charge >= 0.3 is 0 Å². The highest BCUT2D eigenvalue weighted by Crippen LogP contribution is 2.37. The van der Waals surface area contributed by atoms with E-state index in [2.05, 4.69) is 0 Å². The van der Waals surface area contributed by atoms with Crippen molar-refractivity contribution in [2.45, 2.75) is 64.5 Å². The molecule has 0 heterocycles. The van der Waals surface area contributed by atoms with Gasteiger partial charge in [-0.1, -0.05) is 19.3 Å². The number of halogens is 1. The molecule has 1 aromatic carbocycles. The molecule has 0 unspecified atom stereocenters. The molecule has 0 aliphatic heterocycles. The van der Waals surface area contributed by atoms with E-state index in [1.807, 2.05) is 26.8 Å². The van der Waals surface area contributed by atoms with Crippen LogP contribution in [0.5, 0.6) is 11.5 Å². The maximum absolute atomic E-state index is 10.1. The van der Waals surface area contributed by atoms with Crippen molar-refractivity contribution < 1.29 is 9.84 Å². The van der Waals surface area contributed by atoms with Crippen molar-refractivity contribution in [2.24, 2.45) is 11.7 Å². The Balaban J connectivity index is 0.00000220. The third-order valence-electron chi connectivity index (χ3n) is 3.94. The second kappa shape index (κ2) is 7.37. The van der Waals surface area contributed by atoms with E-state index in [-0.39, 0.29) is 29.8 Å². The Labute approximate surface area is 134 Å². The van der Waals surface area contributed by atoms with Gasteiger partial charge in [-0.2, -0.15) is 0 Å². The molecule has 0 aromatic heterocycles. The lowest BCUT2D eigenvalue weighted by atomic mass is 9.81. The molecule has 0 bridgehead atoms. The monoisotopic (exact) mass is 313 g/mol. The van der Waals surface area contributed by atoms with Gasteiger partial charge in [-0.3, -0.25) is 0 Å². The van der Waals surface area contributed by atoms with E-state index in [4.69, 9.17) is 10.5 Å². The highest BCUT2D eigenvalue weighted by Gasteiger charge is 2.24. The molecule has 1 saturated carbocycles. The van der Waals surface area contributed by atoms with Gasteiger partial charge in [0.05, 0.1) is 0 Å². The molecule has 1 fully saturated rings. The second-order valence-electron chi connectivity index (χ2n) is 6.86. The van der Waals surface area contributed by atoms with Crippen LogP contribution in [0.2, 0.25) is 0 Å². The average molecular weight is 314 g/mol. The minimum Gasteiger partial charge on any atom is -0.508 e. The first kappa shape index (κ1) is 18.1. The molecule has 2 rings (SSSR count). The number of hydrogen-bond acceptors (Lipinski definition) is 3. The predicted octanol–water partition coefficient (Wildman–Crippen LogP) is 4.57. The number of benzene rings is 1. The summed E-state index contributed by atoms with van der Waals surface area (Å²) in [5.41, 5.74) is 6.96. The van der Waals surface area contributed by atoms with E-state index >= 15 is 0 Å². The number of aromatic hydroxyl groups is 1. The van der Waals surface area contributed by atoms with E-state index in [9.17, 15) is 5.11 Å². The Morgan fingerprint density at radius 3 is 2.38 bits per heavy atom. The Hall–Kier alpha value is -0.930. The van der Waals surface area contributed by atoms with Gasteiger partial charge in [0.15, 0.2) is 0 Å². The first-order valence-corrected chi connectivity index (χ1v) is 7.64. The Morgan fingerprint density at radius 2 is 1.81 bits per heavy atom. The van der Waals surface area contributed by atoms with Gasteiger partial charge in [-0.15, -0.1) is 12.4 Å². The Morgan fingerprint density at radius 1 is 1.19 bits per heavy atom. The molecular formula is C17H28ClNO2. The Kier molecular flexibility index (Phi) is 6.36. The van der Waals surface area contributed by atoms with E-state index in [0.717, 1.165) is 24.2 Å². The van der Waals surface area contributed by atoms with Crippen molar-refractivity contribution >= 4 is 12.4 Å². The fourth-order valence-electron chi connectivity index (χ4n) is 2.96. The number of phenols is 1. The lowest BCUT2D eigenvalue weighted by Crippen LogP contribution is -2.25. The lowest BCUT2D eigenvalue weighted by Gasteiger charge is -2.29. The topological polar surface area (TPSA) is 55.5 Å². The van der Waals surface area contributed by atoms with Gasteiger partial charge in [-0.25, -0.2) is 0 Å². The van der Waals surface area contributed by atoms with Crippen LogP contribution in [0.4, 0.5) is 0 Å². The van der Waals surface area contributed by atoms with Crippen LogP contribution in [0, 0.1) is 5.92 Å². The van der Waals surface area contributed by atoms with Crippen LogP contribution in [0.3, 0.4) is 0 Å². The molecule has 21 heavy (non-hydrogen) atoms. The zero-order valence-corrected chi connectivity index (χ0v) is 14.1.